The molecule has 2 heterocycles. The maximum absolute atomic E-state index is 5.64. The molecule has 2 rings (SSSR count). The molecule has 1 aliphatic rings. The van der Waals surface area contributed by atoms with E-state index < -0.39 is 0 Å². The predicted molar refractivity (Wildman–Crippen MR) is 65.3 cm³/mol. The monoisotopic (exact) mass is 221 g/mol. The first-order valence-electron chi connectivity index (χ1n) is 5.82. The first-order valence-corrected chi connectivity index (χ1v) is 5.82. The van der Waals surface area contributed by atoms with Crippen molar-refractivity contribution in [3.63, 3.8) is 0 Å². The highest BCUT2D eigenvalue weighted by molar-refractivity contribution is 5.42. The van der Waals surface area contributed by atoms with Gasteiger partial charge in [-0.15, -0.1) is 0 Å². The number of nitrogen functional groups attached to an aromatic ring is 1. The van der Waals surface area contributed by atoms with Crippen LogP contribution in [-0.4, -0.2) is 24.2 Å². The van der Waals surface area contributed by atoms with E-state index in [2.05, 4.69) is 17.2 Å². The highest BCUT2D eigenvalue weighted by Crippen LogP contribution is 2.21. The van der Waals surface area contributed by atoms with Crippen LogP contribution in [0.5, 0.6) is 0 Å². The molecular formula is C12H19N3O. The fourth-order valence-corrected chi connectivity index (χ4v) is 2.10. The number of nitrogens with one attached hydrogen (secondary N) is 1. The van der Waals surface area contributed by atoms with Gasteiger partial charge in [0.05, 0.1) is 0 Å². The molecular weight excluding hydrogens is 202 g/mol. The van der Waals surface area contributed by atoms with Crippen molar-refractivity contribution in [1.29, 1.82) is 0 Å². The third kappa shape index (κ3) is 2.85. The average molecular weight is 221 g/mol. The van der Waals surface area contributed by atoms with Crippen molar-refractivity contribution in [1.82, 2.24) is 4.98 Å². The Balaban J connectivity index is 1.93. The van der Waals surface area contributed by atoms with E-state index >= 15 is 0 Å². The summed E-state index contributed by atoms with van der Waals surface area (Å²) in [5.74, 6) is 2.08. The highest BCUT2D eigenvalue weighted by Gasteiger charge is 2.20. The number of rotatable bonds is 3. The lowest BCUT2D eigenvalue weighted by Gasteiger charge is -2.28. The summed E-state index contributed by atoms with van der Waals surface area (Å²) in [5.41, 5.74) is 5.64. The molecule has 0 amide bonds. The summed E-state index contributed by atoms with van der Waals surface area (Å²) in [7, 11) is 0. The standard InChI is InChI=1S/C12H19N3O/c1-9(10-5-7-16-8-6-10)14-12-4-2-3-11(13)15-12/h2-4,9-10H,5-8H2,1H3,(H3,13,14,15). The van der Waals surface area contributed by atoms with E-state index in [1.807, 2.05) is 12.1 Å². The molecule has 1 aromatic heterocycles. The highest BCUT2D eigenvalue weighted by atomic mass is 16.5. The third-order valence-corrected chi connectivity index (χ3v) is 3.12. The van der Waals surface area contributed by atoms with Gasteiger partial charge < -0.3 is 15.8 Å². The second-order valence-electron chi connectivity index (χ2n) is 4.33. The lowest BCUT2D eigenvalue weighted by Crippen LogP contribution is -2.31. The Kier molecular flexibility index (Phi) is 3.62. The molecule has 3 N–H and O–H groups in total. The summed E-state index contributed by atoms with van der Waals surface area (Å²) in [6, 6.07) is 6.08. The summed E-state index contributed by atoms with van der Waals surface area (Å²) in [6.45, 7) is 3.95. The van der Waals surface area contributed by atoms with Gasteiger partial charge in [0.15, 0.2) is 0 Å². The van der Waals surface area contributed by atoms with Gasteiger partial charge in [0.25, 0.3) is 0 Å². The number of aromatic nitrogens is 1. The first kappa shape index (κ1) is 11.2. The van der Waals surface area contributed by atoms with Crippen LogP contribution in [0.2, 0.25) is 0 Å². The molecule has 4 nitrogen and oxygen atoms in total. The Morgan fingerprint density at radius 2 is 2.19 bits per heavy atom. The normalized spacial score (nSPS) is 19.3. The molecule has 0 aliphatic carbocycles. The van der Waals surface area contributed by atoms with Crippen LogP contribution in [0.1, 0.15) is 19.8 Å². The fourth-order valence-electron chi connectivity index (χ4n) is 2.10. The molecule has 0 aromatic carbocycles. The molecule has 4 heteroatoms. The summed E-state index contributed by atoms with van der Waals surface area (Å²) in [4.78, 5) is 4.24. The van der Waals surface area contributed by atoms with Gasteiger partial charge in [-0.3, -0.25) is 0 Å². The summed E-state index contributed by atoms with van der Waals surface area (Å²) >= 11 is 0. The third-order valence-electron chi connectivity index (χ3n) is 3.12. The van der Waals surface area contributed by atoms with E-state index in [0.29, 0.717) is 17.8 Å². The van der Waals surface area contributed by atoms with Gasteiger partial charge in [-0.05, 0) is 37.8 Å². The van der Waals surface area contributed by atoms with E-state index in [9.17, 15) is 0 Å². The maximum atomic E-state index is 5.64. The van der Waals surface area contributed by atoms with Crippen molar-refractivity contribution in [3.8, 4) is 0 Å². The molecule has 88 valence electrons. The summed E-state index contributed by atoms with van der Waals surface area (Å²) < 4.78 is 5.36. The van der Waals surface area contributed by atoms with Crippen molar-refractivity contribution in [3.05, 3.63) is 18.2 Å². The van der Waals surface area contributed by atoms with Crippen LogP contribution in [0.15, 0.2) is 18.2 Å². The van der Waals surface area contributed by atoms with Crippen molar-refractivity contribution in [2.45, 2.75) is 25.8 Å². The van der Waals surface area contributed by atoms with E-state index in [1.54, 1.807) is 6.07 Å². The molecule has 1 saturated heterocycles. The average Bonchev–Trinajstić information content (AvgIpc) is 2.30. The Labute approximate surface area is 96.2 Å². The van der Waals surface area contributed by atoms with Gasteiger partial charge in [-0.25, -0.2) is 4.98 Å². The Bertz CT molecular complexity index is 337. The molecule has 0 radical (unpaired) electrons. The van der Waals surface area contributed by atoms with Crippen LogP contribution in [0.25, 0.3) is 0 Å². The zero-order valence-electron chi connectivity index (χ0n) is 9.65. The van der Waals surface area contributed by atoms with Gasteiger partial charge >= 0.3 is 0 Å². The molecule has 1 aromatic rings. The van der Waals surface area contributed by atoms with Crippen molar-refractivity contribution < 1.29 is 4.74 Å². The van der Waals surface area contributed by atoms with Gasteiger partial charge in [-0.2, -0.15) is 0 Å². The number of nitrogens with two attached hydrogens (primary N) is 1. The molecule has 1 atom stereocenters. The van der Waals surface area contributed by atoms with Crippen molar-refractivity contribution in [2.24, 2.45) is 5.92 Å². The van der Waals surface area contributed by atoms with Crippen LogP contribution < -0.4 is 11.1 Å². The van der Waals surface area contributed by atoms with Crippen molar-refractivity contribution >= 4 is 11.6 Å². The first-order chi connectivity index (χ1) is 7.75. The lowest BCUT2D eigenvalue weighted by molar-refractivity contribution is 0.0622. The fraction of sp³-hybridized carbons (Fsp3) is 0.583. The van der Waals surface area contributed by atoms with E-state index in [4.69, 9.17) is 10.5 Å². The smallest absolute Gasteiger partial charge is 0.128 e. The van der Waals surface area contributed by atoms with Crippen LogP contribution in [0, 0.1) is 5.92 Å². The SMILES string of the molecule is CC(Nc1cccc(N)n1)C1CCOCC1. The topological polar surface area (TPSA) is 60.2 Å². The quantitative estimate of drug-likeness (QED) is 0.818. The summed E-state index contributed by atoms with van der Waals surface area (Å²) in [6.07, 6.45) is 2.24. The molecule has 1 aliphatic heterocycles. The van der Waals surface area contributed by atoms with E-state index in [0.717, 1.165) is 31.9 Å². The largest absolute Gasteiger partial charge is 0.384 e. The minimum atomic E-state index is 0.415. The van der Waals surface area contributed by atoms with Gasteiger partial charge in [0.1, 0.15) is 11.6 Å². The molecule has 0 spiro atoms. The second-order valence-corrected chi connectivity index (χ2v) is 4.33. The minimum absolute atomic E-state index is 0.415. The maximum Gasteiger partial charge on any atom is 0.128 e. The zero-order valence-corrected chi connectivity index (χ0v) is 9.65. The van der Waals surface area contributed by atoms with Crippen LogP contribution in [0.4, 0.5) is 11.6 Å². The second kappa shape index (κ2) is 5.16. The number of nitrogens with zero attached hydrogens (tertiary/aromatic N) is 1. The van der Waals surface area contributed by atoms with E-state index in [-0.39, 0.29) is 0 Å². The molecule has 1 unspecified atom stereocenters. The minimum Gasteiger partial charge on any atom is -0.384 e. The summed E-state index contributed by atoms with van der Waals surface area (Å²) in [5, 5.41) is 3.41. The number of ether oxygens (including phenoxy) is 1. The number of hydrogen-bond acceptors (Lipinski definition) is 4. The molecule has 1 fully saturated rings. The Morgan fingerprint density at radius 3 is 2.88 bits per heavy atom. The van der Waals surface area contributed by atoms with E-state index in [1.165, 1.54) is 0 Å². The Morgan fingerprint density at radius 1 is 1.44 bits per heavy atom. The van der Waals surface area contributed by atoms with Gasteiger partial charge in [0, 0.05) is 19.3 Å². The molecule has 16 heavy (non-hydrogen) atoms. The number of pyridine rings is 1. The van der Waals surface area contributed by atoms with Crippen molar-refractivity contribution in [2.75, 3.05) is 24.3 Å². The number of anilines is 2. The molecule has 0 bridgehead atoms. The lowest BCUT2D eigenvalue weighted by atomic mass is 9.93. The molecule has 0 saturated carbocycles. The van der Waals surface area contributed by atoms with Crippen LogP contribution >= 0.6 is 0 Å². The van der Waals surface area contributed by atoms with Gasteiger partial charge in [0.2, 0.25) is 0 Å². The van der Waals surface area contributed by atoms with Crippen LogP contribution in [-0.2, 0) is 4.74 Å². The Hall–Kier alpha value is -1.29. The number of hydrogen-bond donors (Lipinski definition) is 2. The van der Waals surface area contributed by atoms with Gasteiger partial charge in [-0.1, -0.05) is 6.07 Å². The zero-order chi connectivity index (χ0) is 11.4. The van der Waals surface area contributed by atoms with Crippen LogP contribution in [0.3, 0.4) is 0 Å². The predicted octanol–water partition coefficient (Wildman–Crippen LogP) is 1.89.